The van der Waals surface area contributed by atoms with Crippen LogP contribution in [-0.4, -0.2) is 27.5 Å². The number of benzene rings is 1. The molecule has 0 radical (unpaired) electrons. The van der Waals surface area contributed by atoms with Crippen molar-refractivity contribution < 1.29 is 14.6 Å². The molecule has 6 heteroatoms. The summed E-state index contributed by atoms with van der Waals surface area (Å²) < 4.78 is 6.27. The molecule has 2 rings (SSSR count). The van der Waals surface area contributed by atoms with Crippen LogP contribution in [0.5, 0.6) is 5.75 Å². The molecule has 0 fully saturated rings. The normalized spacial score (nSPS) is 10.5. The van der Waals surface area contributed by atoms with Gasteiger partial charge < -0.3 is 9.84 Å². The zero-order valence-corrected chi connectivity index (χ0v) is 11.3. The second kappa shape index (κ2) is 5.32. The third kappa shape index (κ3) is 2.56. The number of esters is 1. The highest BCUT2D eigenvalue weighted by Gasteiger charge is 2.23. The molecule has 0 saturated carbocycles. The van der Waals surface area contributed by atoms with Crippen molar-refractivity contribution in [3.05, 3.63) is 35.0 Å². The van der Waals surface area contributed by atoms with Crippen LogP contribution in [0.25, 0.3) is 11.3 Å². The first-order valence-electron chi connectivity index (χ1n) is 5.73. The zero-order chi connectivity index (χ0) is 14.0. The number of ether oxygens (including phenoxy) is 1. The summed E-state index contributed by atoms with van der Waals surface area (Å²) in [5.74, 6) is -0.834. The van der Waals surface area contributed by atoms with Gasteiger partial charge in [-0.2, -0.15) is 5.10 Å². The molecular weight excluding hydrogens is 268 g/mol. The van der Waals surface area contributed by atoms with Crippen LogP contribution in [0, 0.1) is 0 Å². The molecule has 1 N–H and O–H groups in total. The quantitative estimate of drug-likeness (QED) is 0.878. The smallest absolute Gasteiger partial charge is 0.362 e. The Morgan fingerprint density at radius 2 is 2.05 bits per heavy atom. The predicted octanol–water partition coefficient (Wildman–Crippen LogP) is 2.62. The number of carbonyl (C=O) groups is 1. The fraction of sp³-hybridized carbons (Fsp3) is 0.231. The monoisotopic (exact) mass is 280 g/mol. The molecule has 1 aromatic carbocycles. The highest BCUT2D eigenvalue weighted by molar-refractivity contribution is 6.30. The molecule has 0 spiro atoms. The van der Waals surface area contributed by atoms with E-state index < -0.39 is 5.97 Å². The molecule has 0 aliphatic heterocycles. The van der Waals surface area contributed by atoms with Gasteiger partial charge in [0, 0.05) is 17.6 Å². The summed E-state index contributed by atoms with van der Waals surface area (Å²) in [6.07, 6.45) is 0. The lowest BCUT2D eigenvalue weighted by Crippen LogP contribution is -2.06. The van der Waals surface area contributed by atoms with Gasteiger partial charge in [-0.1, -0.05) is 23.7 Å². The minimum absolute atomic E-state index is 0.0886. The lowest BCUT2D eigenvalue weighted by Gasteiger charge is -2.02. The molecule has 0 aliphatic carbocycles. The summed E-state index contributed by atoms with van der Waals surface area (Å²) in [5.41, 5.74) is 1.07. The number of aryl methyl sites for hydroxylation is 1. The van der Waals surface area contributed by atoms with Crippen molar-refractivity contribution in [2.75, 3.05) is 6.61 Å². The minimum Gasteiger partial charge on any atom is -0.504 e. The molecule has 0 aliphatic rings. The molecule has 0 bridgehead atoms. The maximum absolute atomic E-state index is 11.6. The first-order valence-corrected chi connectivity index (χ1v) is 6.11. The van der Waals surface area contributed by atoms with Gasteiger partial charge in [0.05, 0.1) is 6.61 Å². The third-order valence-electron chi connectivity index (χ3n) is 2.61. The number of halogens is 1. The Morgan fingerprint density at radius 3 is 2.63 bits per heavy atom. The third-order valence-corrected chi connectivity index (χ3v) is 2.86. The van der Waals surface area contributed by atoms with Crippen molar-refractivity contribution in [2.24, 2.45) is 7.05 Å². The van der Waals surface area contributed by atoms with E-state index in [2.05, 4.69) is 5.10 Å². The van der Waals surface area contributed by atoms with Gasteiger partial charge in [0.2, 0.25) is 5.69 Å². The van der Waals surface area contributed by atoms with Crippen LogP contribution in [0.4, 0.5) is 0 Å². The summed E-state index contributed by atoms with van der Waals surface area (Å²) in [7, 11) is 1.65. The number of hydrogen-bond donors (Lipinski definition) is 1. The fourth-order valence-corrected chi connectivity index (χ4v) is 1.91. The number of rotatable bonds is 3. The van der Waals surface area contributed by atoms with Gasteiger partial charge in [-0.3, -0.25) is 4.68 Å². The van der Waals surface area contributed by atoms with Crippen LogP contribution in [0.3, 0.4) is 0 Å². The Morgan fingerprint density at radius 1 is 1.42 bits per heavy atom. The van der Waals surface area contributed by atoms with E-state index in [1.54, 1.807) is 38.2 Å². The Bertz CT molecular complexity index is 605. The van der Waals surface area contributed by atoms with Crippen LogP contribution >= 0.6 is 11.6 Å². The van der Waals surface area contributed by atoms with Crippen molar-refractivity contribution >= 4 is 17.6 Å². The molecule has 1 heterocycles. The van der Waals surface area contributed by atoms with Crippen molar-refractivity contribution in [3.63, 3.8) is 0 Å². The van der Waals surface area contributed by atoms with Gasteiger partial charge in [0.1, 0.15) is 5.69 Å². The fourth-order valence-electron chi connectivity index (χ4n) is 1.78. The summed E-state index contributed by atoms with van der Waals surface area (Å²) >= 11 is 5.82. The number of nitrogens with zero attached hydrogens (tertiary/aromatic N) is 2. The highest BCUT2D eigenvalue weighted by atomic mass is 35.5. The van der Waals surface area contributed by atoms with Gasteiger partial charge in [-0.15, -0.1) is 0 Å². The Kier molecular flexibility index (Phi) is 3.76. The Balaban J connectivity index is 2.47. The van der Waals surface area contributed by atoms with E-state index in [9.17, 15) is 9.90 Å². The molecule has 0 unspecified atom stereocenters. The maximum atomic E-state index is 11.6. The summed E-state index contributed by atoms with van der Waals surface area (Å²) in [6.45, 7) is 1.92. The van der Waals surface area contributed by atoms with Crippen molar-refractivity contribution in [2.45, 2.75) is 6.92 Å². The first-order chi connectivity index (χ1) is 9.04. The second-order valence-electron chi connectivity index (χ2n) is 3.90. The van der Waals surface area contributed by atoms with E-state index in [0.29, 0.717) is 16.3 Å². The Labute approximate surface area is 115 Å². The van der Waals surface area contributed by atoms with Crippen molar-refractivity contribution in [1.29, 1.82) is 0 Å². The molecule has 100 valence electrons. The zero-order valence-electron chi connectivity index (χ0n) is 10.6. The first kappa shape index (κ1) is 13.4. The highest BCUT2D eigenvalue weighted by Crippen LogP contribution is 2.32. The minimum atomic E-state index is -0.643. The summed E-state index contributed by atoms with van der Waals surface area (Å²) in [4.78, 5) is 11.6. The largest absolute Gasteiger partial charge is 0.504 e. The summed E-state index contributed by atoms with van der Waals surface area (Å²) in [5, 5.41) is 14.7. The molecule has 2 aromatic rings. The molecule has 1 aromatic heterocycles. The van der Waals surface area contributed by atoms with E-state index in [1.807, 2.05) is 0 Å². The molecule has 0 atom stereocenters. The maximum Gasteiger partial charge on any atom is 0.362 e. The van der Waals surface area contributed by atoms with Crippen LogP contribution in [0.2, 0.25) is 5.02 Å². The topological polar surface area (TPSA) is 64.3 Å². The number of aromatic hydroxyl groups is 1. The average Bonchev–Trinajstić information content (AvgIpc) is 2.67. The van der Waals surface area contributed by atoms with Gasteiger partial charge in [-0.05, 0) is 19.1 Å². The average molecular weight is 281 g/mol. The summed E-state index contributed by atoms with van der Waals surface area (Å²) in [6, 6.07) is 6.89. The van der Waals surface area contributed by atoms with Crippen LogP contribution in [0.1, 0.15) is 17.4 Å². The van der Waals surface area contributed by atoms with E-state index in [4.69, 9.17) is 16.3 Å². The standard InChI is InChI=1S/C13H13ClN2O3/c1-3-19-13(18)10-12(17)11(16(2)15-10)8-4-6-9(14)7-5-8/h4-7,17H,3H2,1-2H3. The molecule has 0 amide bonds. The van der Waals surface area contributed by atoms with E-state index in [-0.39, 0.29) is 18.1 Å². The second-order valence-corrected chi connectivity index (χ2v) is 4.33. The SMILES string of the molecule is CCOC(=O)c1nn(C)c(-c2ccc(Cl)cc2)c1O. The lowest BCUT2D eigenvalue weighted by molar-refractivity contribution is 0.0515. The van der Waals surface area contributed by atoms with E-state index >= 15 is 0 Å². The van der Waals surface area contributed by atoms with Gasteiger partial charge >= 0.3 is 5.97 Å². The molecule has 5 nitrogen and oxygen atoms in total. The van der Waals surface area contributed by atoms with Crippen molar-refractivity contribution in [3.8, 4) is 17.0 Å². The lowest BCUT2D eigenvalue weighted by atomic mass is 10.1. The molecule has 19 heavy (non-hydrogen) atoms. The van der Waals surface area contributed by atoms with Crippen LogP contribution in [-0.2, 0) is 11.8 Å². The number of hydrogen-bond acceptors (Lipinski definition) is 4. The number of carbonyl (C=O) groups excluding carboxylic acids is 1. The predicted molar refractivity (Wildman–Crippen MR) is 71.3 cm³/mol. The van der Waals surface area contributed by atoms with E-state index in [0.717, 1.165) is 0 Å². The molecule has 0 saturated heterocycles. The Hall–Kier alpha value is -2.01. The van der Waals surface area contributed by atoms with Gasteiger partial charge in [0.15, 0.2) is 5.75 Å². The van der Waals surface area contributed by atoms with Gasteiger partial charge in [-0.25, -0.2) is 4.79 Å². The number of aromatic nitrogens is 2. The van der Waals surface area contributed by atoms with Crippen molar-refractivity contribution in [1.82, 2.24) is 9.78 Å². The van der Waals surface area contributed by atoms with Gasteiger partial charge in [0.25, 0.3) is 0 Å². The van der Waals surface area contributed by atoms with E-state index in [1.165, 1.54) is 4.68 Å². The van der Waals surface area contributed by atoms with Crippen LogP contribution < -0.4 is 0 Å². The van der Waals surface area contributed by atoms with Crippen LogP contribution in [0.15, 0.2) is 24.3 Å². The molecular formula is C13H13ClN2O3.